The number of nitrogens with two attached hydrogens (primary N) is 1. The van der Waals surface area contributed by atoms with Crippen LogP contribution in [0, 0.1) is 5.82 Å². The molecule has 0 heterocycles. The topological polar surface area (TPSA) is 52.3 Å². The molecule has 0 bridgehead atoms. The lowest BCUT2D eigenvalue weighted by Gasteiger charge is -2.14. The average molecular weight is 232 g/mol. The number of benzene rings is 1. The van der Waals surface area contributed by atoms with Crippen molar-refractivity contribution in [2.75, 3.05) is 0 Å². The molecule has 1 atom stereocenters. The van der Waals surface area contributed by atoms with Crippen LogP contribution in [0.25, 0.3) is 0 Å². The molecular formula is C10H11ClFNO2. The lowest BCUT2D eigenvalue weighted by molar-refractivity contribution is -0.124. The van der Waals surface area contributed by atoms with Gasteiger partial charge in [0.05, 0.1) is 5.02 Å². The molecule has 0 aliphatic carbocycles. The highest BCUT2D eigenvalue weighted by molar-refractivity contribution is 6.30. The van der Waals surface area contributed by atoms with E-state index in [1.54, 1.807) is 6.92 Å². The third-order valence-corrected chi connectivity index (χ3v) is 2.17. The second-order valence-corrected chi connectivity index (χ2v) is 3.38. The number of carbonyl (C=O) groups excluding carboxylic acids is 1. The quantitative estimate of drug-likeness (QED) is 0.863. The molecule has 0 aliphatic rings. The summed E-state index contributed by atoms with van der Waals surface area (Å²) in [6, 6.07) is 4.33. The highest BCUT2D eigenvalue weighted by Gasteiger charge is 2.17. The lowest BCUT2D eigenvalue weighted by Crippen LogP contribution is -2.33. The van der Waals surface area contributed by atoms with Gasteiger partial charge >= 0.3 is 0 Å². The maximum atomic E-state index is 13.4. The SMILES string of the molecule is CCC(Oc1cccc(Cl)c1F)C(N)=O. The molecule has 1 aromatic carbocycles. The number of hydrogen-bond donors (Lipinski definition) is 1. The first-order valence-electron chi connectivity index (χ1n) is 4.46. The smallest absolute Gasteiger partial charge is 0.258 e. The van der Waals surface area contributed by atoms with Gasteiger partial charge in [-0.05, 0) is 18.6 Å². The minimum Gasteiger partial charge on any atom is -0.477 e. The van der Waals surface area contributed by atoms with E-state index in [1.165, 1.54) is 18.2 Å². The summed E-state index contributed by atoms with van der Waals surface area (Å²) in [6.07, 6.45) is -0.459. The Morgan fingerprint density at radius 1 is 1.67 bits per heavy atom. The highest BCUT2D eigenvalue weighted by Crippen LogP contribution is 2.25. The van der Waals surface area contributed by atoms with Gasteiger partial charge in [0.2, 0.25) is 0 Å². The number of ether oxygens (including phenoxy) is 1. The van der Waals surface area contributed by atoms with Gasteiger partial charge in [0.1, 0.15) is 0 Å². The molecule has 0 aromatic heterocycles. The summed E-state index contributed by atoms with van der Waals surface area (Å²) < 4.78 is 18.5. The van der Waals surface area contributed by atoms with E-state index in [9.17, 15) is 9.18 Å². The summed E-state index contributed by atoms with van der Waals surface area (Å²) >= 11 is 5.55. The average Bonchev–Trinajstić information content (AvgIpc) is 2.19. The molecule has 15 heavy (non-hydrogen) atoms. The molecule has 1 rings (SSSR count). The van der Waals surface area contributed by atoms with Crippen molar-refractivity contribution in [2.24, 2.45) is 5.73 Å². The summed E-state index contributed by atoms with van der Waals surface area (Å²) in [5, 5.41) is -0.0492. The highest BCUT2D eigenvalue weighted by atomic mass is 35.5. The van der Waals surface area contributed by atoms with Crippen molar-refractivity contribution in [3.05, 3.63) is 29.0 Å². The zero-order valence-electron chi connectivity index (χ0n) is 8.17. The number of hydrogen-bond acceptors (Lipinski definition) is 2. The van der Waals surface area contributed by atoms with Crippen molar-refractivity contribution >= 4 is 17.5 Å². The fraction of sp³-hybridized carbons (Fsp3) is 0.300. The molecule has 0 radical (unpaired) electrons. The van der Waals surface area contributed by atoms with Crippen LogP contribution in [0.15, 0.2) is 18.2 Å². The van der Waals surface area contributed by atoms with Crippen molar-refractivity contribution in [3.63, 3.8) is 0 Å². The van der Waals surface area contributed by atoms with Crippen molar-refractivity contribution in [1.82, 2.24) is 0 Å². The van der Waals surface area contributed by atoms with Gasteiger partial charge in [-0.2, -0.15) is 0 Å². The van der Waals surface area contributed by atoms with Crippen LogP contribution in [0.2, 0.25) is 5.02 Å². The second-order valence-electron chi connectivity index (χ2n) is 2.97. The Kier molecular flexibility index (Phi) is 3.91. The van der Waals surface area contributed by atoms with Crippen LogP contribution in [-0.4, -0.2) is 12.0 Å². The molecule has 1 unspecified atom stereocenters. The van der Waals surface area contributed by atoms with Crippen LogP contribution in [0.4, 0.5) is 4.39 Å². The third-order valence-electron chi connectivity index (χ3n) is 1.87. The minimum atomic E-state index is -0.835. The van der Waals surface area contributed by atoms with E-state index in [0.717, 1.165) is 0 Å². The van der Waals surface area contributed by atoms with E-state index in [2.05, 4.69) is 0 Å². The zero-order valence-corrected chi connectivity index (χ0v) is 8.92. The summed E-state index contributed by atoms with van der Waals surface area (Å²) in [7, 11) is 0. The summed E-state index contributed by atoms with van der Waals surface area (Å²) in [6.45, 7) is 1.72. The molecule has 3 nitrogen and oxygen atoms in total. The van der Waals surface area contributed by atoms with Crippen LogP contribution in [0.5, 0.6) is 5.75 Å². The molecule has 82 valence electrons. The summed E-state index contributed by atoms with van der Waals surface area (Å²) in [5.74, 6) is -1.37. The molecule has 0 spiro atoms. The largest absolute Gasteiger partial charge is 0.477 e. The lowest BCUT2D eigenvalue weighted by atomic mass is 10.2. The van der Waals surface area contributed by atoms with Crippen molar-refractivity contribution < 1.29 is 13.9 Å². The number of carbonyl (C=O) groups is 1. The van der Waals surface area contributed by atoms with E-state index < -0.39 is 17.8 Å². The maximum absolute atomic E-state index is 13.4. The van der Waals surface area contributed by atoms with Gasteiger partial charge in [-0.3, -0.25) is 4.79 Å². The molecule has 5 heteroatoms. The Labute approximate surface area is 92.0 Å². The maximum Gasteiger partial charge on any atom is 0.258 e. The molecule has 2 N–H and O–H groups in total. The molecule has 1 amide bonds. The Morgan fingerprint density at radius 2 is 2.33 bits per heavy atom. The Balaban J connectivity index is 2.88. The van der Waals surface area contributed by atoms with Crippen LogP contribution >= 0.6 is 11.6 Å². The molecule has 0 saturated carbocycles. The zero-order chi connectivity index (χ0) is 11.4. The molecule has 1 aromatic rings. The predicted molar refractivity (Wildman–Crippen MR) is 55.3 cm³/mol. The standard InChI is InChI=1S/C10H11ClFNO2/c1-2-7(10(13)14)15-8-5-3-4-6(11)9(8)12/h3-5,7H,2H2,1H3,(H2,13,14). The molecule has 0 saturated heterocycles. The summed E-state index contributed by atoms with van der Waals surface area (Å²) in [4.78, 5) is 10.9. The molecule has 0 fully saturated rings. The van der Waals surface area contributed by atoms with E-state index >= 15 is 0 Å². The second kappa shape index (κ2) is 4.98. The predicted octanol–water partition coefficient (Wildman–Crippen LogP) is 2.12. The first-order chi connectivity index (χ1) is 7.06. The number of halogens is 2. The fourth-order valence-electron chi connectivity index (χ4n) is 1.07. The van der Waals surface area contributed by atoms with Crippen LogP contribution < -0.4 is 10.5 Å². The normalized spacial score (nSPS) is 12.2. The Hall–Kier alpha value is -1.29. The van der Waals surface area contributed by atoms with Crippen molar-refractivity contribution in [3.8, 4) is 5.75 Å². The van der Waals surface area contributed by atoms with E-state index in [-0.39, 0.29) is 10.8 Å². The van der Waals surface area contributed by atoms with Crippen molar-refractivity contribution in [1.29, 1.82) is 0 Å². The minimum absolute atomic E-state index is 0.0492. The van der Waals surface area contributed by atoms with Crippen LogP contribution in [0.1, 0.15) is 13.3 Å². The van der Waals surface area contributed by atoms with Gasteiger partial charge in [0, 0.05) is 0 Å². The van der Waals surface area contributed by atoms with Crippen LogP contribution in [0.3, 0.4) is 0 Å². The summed E-state index contributed by atoms with van der Waals surface area (Å²) in [5.41, 5.74) is 5.06. The Morgan fingerprint density at radius 3 is 2.87 bits per heavy atom. The number of primary amides is 1. The molecule has 0 aliphatic heterocycles. The van der Waals surface area contributed by atoms with E-state index in [4.69, 9.17) is 22.1 Å². The third kappa shape index (κ3) is 2.83. The van der Waals surface area contributed by atoms with Crippen molar-refractivity contribution in [2.45, 2.75) is 19.4 Å². The van der Waals surface area contributed by atoms with E-state index in [0.29, 0.717) is 6.42 Å². The first kappa shape index (κ1) is 11.8. The van der Waals surface area contributed by atoms with E-state index in [1.807, 2.05) is 0 Å². The van der Waals surface area contributed by atoms with Gasteiger partial charge in [0.25, 0.3) is 5.91 Å². The number of amides is 1. The number of rotatable bonds is 4. The van der Waals surface area contributed by atoms with Gasteiger partial charge < -0.3 is 10.5 Å². The van der Waals surface area contributed by atoms with Gasteiger partial charge in [-0.1, -0.05) is 24.6 Å². The van der Waals surface area contributed by atoms with Crippen LogP contribution in [-0.2, 0) is 4.79 Å². The van der Waals surface area contributed by atoms with Gasteiger partial charge in [-0.15, -0.1) is 0 Å². The monoisotopic (exact) mass is 231 g/mol. The first-order valence-corrected chi connectivity index (χ1v) is 4.84. The van der Waals surface area contributed by atoms with Gasteiger partial charge in [-0.25, -0.2) is 4.39 Å². The van der Waals surface area contributed by atoms with Gasteiger partial charge in [0.15, 0.2) is 17.7 Å². The Bertz CT molecular complexity index is 370. The molecular weight excluding hydrogens is 221 g/mol. The fourth-order valence-corrected chi connectivity index (χ4v) is 1.24.